The number of esters is 1. The zero-order valence-corrected chi connectivity index (χ0v) is 19.4. The molecule has 1 saturated heterocycles. The molecule has 0 bridgehead atoms. The Bertz CT molecular complexity index is 968. The molecule has 0 aliphatic carbocycles. The number of fused-ring (bicyclic) bond motifs is 1. The minimum Gasteiger partial charge on any atom is -0.486 e. The fourth-order valence-electron chi connectivity index (χ4n) is 3.71. The van der Waals surface area contributed by atoms with Gasteiger partial charge in [0.1, 0.15) is 13.2 Å². The van der Waals surface area contributed by atoms with E-state index < -0.39 is 21.9 Å². The maximum atomic E-state index is 13.0. The lowest BCUT2D eigenvalue weighted by molar-refractivity contribution is -0.156. The highest BCUT2D eigenvalue weighted by atomic mass is 32.2. The summed E-state index contributed by atoms with van der Waals surface area (Å²) in [5, 5.41) is 0. The molecule has 3 rings (SSSR count). The van der Waals surface area contributed by atoms with E-state index in [1.165, 1.54) is 16.4 Å². The molecule has 32 heavy (non-hydrogen) atoms. The summed E-state index contributed by atoms with van der Waals surface area (Å²) >= 11 is 0. The average Bonchev–Trinajstić information content (AvgIpc) is 2.80. The summed E-state index contributed by atoms with van der Waals surface area (Å²) in [5.41, 5.74) is 0.845. The monoisotopic (exact) mass is 466 g/mol. The van der Waals surface area contributed by atoms with Gasteiger partial charge in [0, 0.05) is 32.2 Å². The molecular weight excluding hydrogens is 436 g/mol. The van der Waals surface area contributed by atoms with Crippen LogP contribution < -0.4 is 9.47 Å². The first-order chi connectivity index (χ1) is 15.2. The number of benzene rings is 1. The lowest BCUT2D eigenvalue weighted by Crippen LogP contribution is -2.41. The predicted octanol–water partition coefficient (Wildman–Crippen LogP) is 1.83. The van der Waals surface area contributed by atoms with Crippen LogP contribution in [0.1, 0.15) is 26.7 Å². The van der Waals surface area contributed by atoms with Crippen LogP contribution >= 0.6 is 0 Å². The molecule has 1 aromatic rings. The standard InChI is InChI=1S/C22H30N2O7S/c1-4-23(14-16(2)3)21(25)15-31-22(26)17-7-9-24(10-8-17)32(27,28)18-5-6-19-20(13-18)30-12-11-29-19/h5-6,13,17H,2,4,7-12,14-15H2,1,3H3. The third kappa shape index (κ3) is 5.60. The van der Waals surface area contributed by atoms with Crippen molar-refractivity contribution in [3.63, 3.8) is 0 Å². The highest BCUT2D eigenvalue weighted by Gasteiger charge is 2.33. The highest BCUT2D eigenvalue weighted by Crippen LogP contribution is 2.34. The van der Waals surface area contributed by atoms with Crippen molar-refractivity contribution >= 4 is 21.9 Å². The number of sulfonamides is 1. The lowest BCUT2D eigenvalue weighted by atomic mass is 9.98. The van der Waals surface area contributed by atoms with E-state index in [0.29, 0.717) is 50.6 Å². The first-order valence-corrected chi connectivity index (χ1v) is 12.1. The van der Waals surface area contributed by atoms with Gasteiger partial charge in [0.2, 0.25) is 10.0 Å². The maximum Gasteiger partial charge on any atom is 0.309 e. The van der Waals surface area contributed by atoms with Gasteiger partial charge in [-0.2, -0.15) is 4.31 Å². The second-order valence-corrected chi connectivity index (χ2v) is 9.89. The van der Waals surface area contributed by atoms with Gasteiger partial charge in [-0.3, -0.25) is 9.59 Å². The van der Waals surface area contributed by atoms with Crippen LogP contribution in [-0.2, 0) is 24.3 Å². The summed E-state index contributed by atoms with van der Waals surface area (Å²) < 4.78 is 43.5. The Kier molecular flexibility index (Phi) is 7.78. The molecular formula is C22H30N2O7S. The van der Waals surface area contributed by atoms with E-state index in [4.69, 9.17) is 14.2 Å². The topological polar surface area (TPSA) is 102 Å². The fraction of sp³-hybridized carbons (Fsp3) is 0.545. The largest absolute Gasteiger partial charge is 0.486 e. The van der Waals surface area contributed by atoms with E-state index in [2.05, 4.69) is 6.58 Å². The minimum atomic E-state index is -3.72. The first kappa shape index (κ1) is 24.1. The van der Waals surface area contributed by atoms with Crippen molar-refractivity contribution in [3.05, 3.63) is 30.4 Å². The van der Waals surface area contributed by atoms with Gasteiger partial charge in [-0.05, 0) is 38.8 Å². The Balaban J connectivity index is 1.53. The van der Waals surface area contributed by atoms with Crippen molar-refractivity contribution in [1.82, 2.24) is 9.21 Å². The second kappa shape index (κ2) is 10.4. The van der Waals surface area contributed by atoms with Crippen LogP contribution in [-0.4, -0.2) is 75.5 Å². The Morgan fingerprint density at radius 1 is 1.19 bits per heavy atom. The summed E-state index contributed by atoms with van der Waals surface area (Å²) in [6.07, 6.45) is 0.667. The molecule has 9 nitrogen and oxygen atoms in total. The molecule has 2 heterocycles. The molecule has 1 aromatic carbocycles. The summed E-state index contributed by atoms with van der Waals surface area (Å²) in [6, 6.07) is 4.56. The van der Waals surface area contributed by atoms with E-state index >= 15 is 0 Å². The predicted molar refractivity (Wildman–Crippen MR) is 117 cm³/mol. The molecule has 0 spiro atoms. The summed E-state index contributed by atoms with van der Waals surface area (Å²) in [4.78, 5) is 26.4. The zero-order valence-electron chi connectivity index (χ0n) is 18.5. The Hall–Kier alpha value is -2.59. The maximum absolute atomic E-state index is 13.0. The van der Waals surface area contributed by atoms with Gasteiger partial charge in [-0.25, -0.2) is 8.42 Å². The van der Waals surface area contributed by atoms with Crippen molar-refractivity contribution < 1.29 is 32.2 Å². The molecule has 1 amide bonds. The Morgan fingerprint density at radius 2 is 1.84 bits per heavy atom. The molecule has 2 aliphatic rings. The highest BCUT2D eigenvalue weighted by molar-refractivity contribution is 7.89. The molecule has 2 aliphatic heterocycles. The minimum absolute atomic E-state index is 0.130. The van der Waals surface area contributed by atoms with Crippen molar-refractivity contribution in [1.29, 1.82) is 0 Å². The van der Waals surface area contributed by atoms with Gasteiger partial charge in [-0.15, -0.1) is 0 Å². The van der Waals surface area contributed by atoms with Gasteiger partial charge >= 0.3 is 5.97 Å². The molecule has 0 aromatic heterocycles. The van der Waals surface area contributed by atoms with Crippen LogP contribution in [0.15, 0.2) is 35.2 Å². The second-order valence-electron chi connectivity index (χ2n) is 7.96. The Morgan fingerprint density at radius 3 is 2.47 bits per heavy atom. The van der Waals surface area contributed by atoms with Crippen LogP contribution in [0, 0.1) is 5.92 Å². The number of ether oxygens (including phenoxy) is 3. The number of hydrogen-bond acceptors (Lipinski definition) is 7. The average molecular weight is 467 g/mol. The quantitative estimate of drug-likeness (QED) is 0.425. The van der Waals surface area contributed by atoms with E-state index in [-0.39, 0.29) is 30.5 Å². The third-order valence-corrected chi connectivity index (χ3v) is 7.37. The number of nitrogens with zero attached hydrogens (tertiary/aromatic N) is 2. The molecule has 10 heteroatoms. The molecule has 0 atom stereocenters. The van der Waals surface area contributed by atoms with E-state index in [0.717, 1.165) is 5.57 Å². The molecule has 0 radical (unpaired) electrons. The molecule has 0 unspecified atom stereocenters. The van der Waals surface area contributed by atoms with Gasteiger partial charge in [-0.1, -0.05) is 12.2 Å². The smallest absolute Gasteiger partial charge is 0.309 e. The van der Waals surface area contributed by atoms with Gasteiger partial charge in [0.15, 0.2) is 18.1 Å². The van der Waals surface area contributed by atoms with Crippen LogP contribution in [0.4, 0.5) is 0 Å². The summed E-state index contributed by atoms with van der Waals surface area (Å²) in [7, 11) is -3.72. The van der Waals surface area contributed by atoms with Crippen LogP contribution in [0.5, 0.6) is 11.5 Å². The number of rotatable bonds is 8. The number of likely N-dealkylation sites (N-methyl/N-ethyl adjacent to an activating group) is 1. The number of carbonyl (C=O) groups excluding carboxylic acids is 2. The Labute approximate surface area is 189 Å². The number of piperidine rings is 1. The fourth-order valence-corrected chi connectivity index (χ4v) is 5.19. The molecule has 0 saturated carbocycles. The van der Waals surface area contributed by atoms with Crippen molar-refractivity contribution in [2.45, 2.75) is 31.6 Å². The van der Waals surface area contributed by atoms with Crippen LogP contribution in [0.3, 0.4) is 0 Å². The molecule has 0 N–H and O–H groups in total. The normalized spacial score (nSPS) is 16.9. The summed E-state index contributed by atoms with van der Waals surface area (Å²) in [6.45, 7) is 9.26. The molecule has 176 valence electrons. The molecule has 1 fully saturated rings. The van der Waals surface area contributed by atoms with Gasteiger partial charge in [0.05, 0.1) is 10.8 Å². The number of amides is 1. The van der Waals surface area contributed by atoms with Crippen molar-refractivity contribution in [2.75, 3.05) is 46.0 Å². The van der Waals surface area contributed by atoms with E-state index in [1.807, 2.05) is 13.8 Å². The lowest BCUT2D eigenvalue weighted by Gasteiger charge is -2.30. The number of carbonyl (C=O) groups is 2. The van der Waals surface area contributed by atoms with Gasteiger partial charge < -0.3 is 19.1 Å². The summed E-state index contributed by atoms with van der Waals surface area (Å²) in [5.74, 6) is -0.251. The SMILES string of the molecule is C=C(C)CN(CC)C(=O)COC(=O)C1CCN(S(=O)(=O)c2ccc3c(c2)OCCO3)CC1. The van der Waals surface area contributed by atoms with Crippen molar-refractivity contribution in [2.24, 2.45) is 5.92 Å². The third-order valence-electron chi connectivity index (χ3n) is 5.47. The van der Waals surface area contributed by atoms with Crippen molar-refractivity contribution in [3.8, 4) is 11.5 Å². The van der Waals surface area contributed by atoms with E-state index in [9.17, 15) is 18.0 Å². The zero-order chi connectivity index (χ0) is 23.3. The van der Waals surface area contributed by atoms with Gasteiger partial charge in [0.25, 0.3) is 5.91 Å². The number of hydrogen-bond donors (Lipinski definition) is 0. The van der Waals surface area contributed by atoms with Crippen LogP contribution in [0.2, 0.25) is 0 Å². The van der Waals surface area contributed by atoms with E-state index in [1.54, 1.807) is 11.0 Å². The van der Waals surface area contributed by atoms with Crippen LogP contribution in [0.25, 0.3) is 0 Å². The first-order valence-electron chi connectivity index (χ1n) is 10.7.